The van der Waals surface area contributed by atoms with Gasteiger partial charge in [-0.25, -0.2) is 5.43 Å². The van der Waals surface area contributed by atoms with Gasteiger partial charge in [-0.2, -0.15) is 5.10 Å². The first-order valence-electron chi connectivity index (χ1n) is 7.29. The van der Waals surface area contributed by atoms with Gasteiger partial charge < -0.3 is 10.2 Å². The number of nitrogens with zero attached hydrogens (tertiary/aromatic N) is 1. The molecule has 0 unspecified atom stereocenters. The molecule has 5 heteroatoms. The number of carbonyl (C=O) groups excluding carboxylic acids is 1. The second-order valence-electron chi connectivity index (χ2n) is 5.26. The van der Waals surface area contributed by atoms with Crippen LogP contribution in [0.2, 0.25) is 0 Å². The smallest absolute Gasteiger partial charge is 0.275 e. The number of benzene rings is 2. The van der Waals surface area contributed by atoms with Crippen molar-refractivity contribution in [1.82, 2.24) is 5.43 Å². The molecule has 0 aliphatic heterocycles. The van der Waals surface area contributed by atoms with E-state index in [0.717, 1.165) is 30.0 Å². The first kappa shape index (κ1) is 14.8. The van der Waals surface area contributed by atoms with Crippen LogP contribution in [0.5, 0.6) is 11.5 Å². The summed E-state index contributed by atoms with van der Waals surface area (Å²) in [7, 11) is 0. The predicted molar refractivity (Wildman–Crippen MR) is 88.6 cm³/mol. The van der Waals surface area contributed by atoms with E-state index in [4.69, 9.17) is 0 Å². The van der Waals surface area contributed by atoms with E-state index >= 15 is 0 Å². The molecule has 0 heterocycles. The van der Waals surface area contributed by atoms with E-state index in [-0.39, 0.29) is 17.1 Å². The highest BCUT2D eigenvalue weighted by Crippen LogP contribution is 2.23. The van der Waals surface area contributed by atoms with Crippen LogP contribution in [0.25, 0.3) is 6.08 Å². The van der Waals surface area contributed by atoms with Gasteiger partial charge in [-0.15, -0.1) is 0 Å². The molecular weight excluding hydrogens is 292 g/mol. The van der Waals surface area contributed by atoms with Gasteiger partial charge in [0.2, 0.25) is 0 Å². The third-order valence-electron chi connectivity index (χ3n) is 3.69. The van der Waals surface area contributed by atoms with Gasteiger partial charge in [0.25, 0.3) is 5.91 Å². The second kappa shape index (κ2) is 6.36. The van der Waals surface area contributed by atoms with Gasteiger partial charge in [-0.05, 0) is 36.1 Å². The Labute approximate surface area is 133 Å². The number of hydrazone groups is 1. The first-order chi connectivity index (χ1) is 11.1. The van der Waals surface area contributed by atoms with Gasteiger partial charge in [0.15, 0.2) is 0 Å². The van der Waals surface area contributed by atoms with Crippen LogP contribution in [0.15, 0.2) is 47.6 Å². The number of hydrogen-bond donors (Lipinski definition) is 3. The summed E-state index contributed by atoms with van der Waals surface area (Å²) in [6.45, 7) is 0. The number of aryl methyl sites for hydroxylation is 1. The monoisotopic (exact) mass is 308 g/mol. The molecule has 0 radical (unpaired) electrons. The molecule has 2 aromatic carbocycles. The Hall–Kier alpha value is -3.08. The van der Waals surface area contributed by atoms with Crippen molar-refractivity contribution < 1.29 is 15.0 Å². The number of amides is 1. The fraction of sp³-hybridized carbons (Fsp3) is 0.111. The minimum atomic E-state index is -0.543. The number of aromatic hydroxyl groups is 2. The Balaban J connectivity index is 1.75. The number of phenolic OH excluding ortho intramolecular Hbond substituents is 2. The molecule has 0 atom stereocenters. The Kier molecular flexibility index (Phi) is 4.10. The second-order valence-corrected chi connectivity index (χ2v) is 5.26. The zero-order valence-corrected chi connectivity index (χ0v) is 12.4. The number of allylic oxidation sites excluding steroid dienone is 1. The molecule has 5 nitrogen and oxygen atoms in total. The van der Waals surface area contributed by atoms with E-state index in [2.05, 4.69) is 28.7 Å². The van der Waals surface area contributed by atoms with Crippen molar-refractivity contribution >= 4 is 18.2 Å². The number of fused-ring (bicyclic) bond motifs is 1. The van der Waals surface area contributed by atoms with E-state index in [1.165, 1.54) is 17.7 Å². The van der Waals surface area contributed by atoms with Crippen LogP contribution in [0.4, 0.5) is 0 Å². The van der Waals surface area contributed by atoms with Crippen molar-refractivity contribution in [3.63, 3.8) is 0 Å². The summed E-state index contributed by atoms with van der Waals surface area (Å²) in [6.07, 6.45) is 7.80. The fourth-order valence-electron chi connectivity index (χ4n) is 2.54. The molecule has 0 fully saturated rings. The lowest BCUT2D eigenvalue weighted by atomic mass is 9.94. The van der Waals surface area contributed by atoms with Crippen LogP contribution in [0, 0.1) is 0 Å². The SMILES string of the molecule is O=C(N/N=C/c1cccc2c1C=CCC2)c1ccc(O)cc1O. The average Bonchev–Trinajstić information content (AvgIpc) is 2.55. The summed E-state index contributed by atoms with van der Waals surface area (Å²) in [5.41, 5.74) is 5.73. The summed E-state index contributed by atoms with van der Waals surface area (Å²) in [4.78, 5) is 12.0. The number of nitrogens with one attached hydrogen (secondary N) is 1. The largest absolute Gasteiger partial charge is 0.508 e. The molecule has 23 heavy (non-hydrogen) atoms. The highest BCUT2D eigenvalue weighted by atomic mass is 16.3. The van der Waals surface area contributed by atoms with Gasteiger partial charge in [0.1, 0.15) is 11.5 Å². The lowest BCUT2D eigenvalue weighted by Gasteiger charge is -2.12. The minimum Gasteiger partial charge on any atom is -0.508 e. The number of hydrogen-bond acceptors (Lipinski definition) is 4. The van der Waals surface area contributed by atoms with Gasteiger partial charge >= 0.3 is 0 Å². The van der Waals surface area contributed by atoms with Crippen molar-refractivity contribution in [2.75, 3.05) is 0 Å². The van der Waals surface area contributed by atoms with Crippen LogP contribution in [-0.4, -0.2) is 22.3 Å². The van der Waals surface area contributed by atoms with Crippen molar-refractivity contribution in [2.24, 2.45) is 5.10 Å². The quantitative estimate of drug-likeness (QED) is 0.602. The fourth-order valence-corrected chi connectivity index (χ4v) is 2.54. The molecule has 0 saturated heterocycles. The lowest BCUT2D eigenvalue weighted by Crippen LogP contribution is -2.17. The van der Waals surface area contributed by atoms with E-state index in [9.17, 15) is 15.0 Å². The van der Waals surface area contributed by atoms with Crippen LogP contribution in [0.1, 0.15) is 33.5 Å². The Morgan fingerprint density at radius 1 is 1.22 bits per heavy atom. The topological polar surface area (TPSA) is 81.9 Å². The van der Waals surface area contributed by atoms with Crippen molar-refractivity contribution in [1.29, 1.82) is 0 Å². The zero-order chi connectivity index (χ0) is 16.2. The lowest BCUT2D eigenvalue weighted by molar-refractivity contribution is 0.0952. The van der Waals surface area contributed by atoms with Gasteiger partial charge in [0, 0.05) is 11.6 Å². The van der Waals surface area contributed by atoms with E-state index in [1.807, 2.05) is 12.1 Å². The highest BCUT2D eigenvalue weighted by molar-refractivity contribution is 5.97. The number of rotatable bonds is 3. The van der Waals surface area contributed by atoms with Gasteiger partial charge in [-0.3, -0.25) is 4.79 Å². The summed E-state index contributed by atoms with van der Waals surface area (Å²) in [6, 6.07) is 9.76. The molecule has 1 amide bonds. The average molecular weight is 308 g/mol. The van der Waals surface area contributed by atoms with E-state index in [1.54, 1.807) is 6.21 Å². The highest BCUT2D eigenvalue weighted by Gasteiger charge is 2.11. The van der Waals surface area contributed by atoms with Crippen molar-refractivity contribution in [3.05, 3.63) is 64.7 Å². The molecule has 3 rings (SSSR count). The molecule has 2 aromatic rings. The van der Waals surface area contributed by atoms with E-state index < -0.39 is 5.91 Å². The molecule has 1 aliphatic rings. The molecule has 1 aliphatic carbocycles. The van der Waals surface area contributed by atoms with Crippen LogP contribution < -0.4 is 5.43 Å². The van der Waals surface area contributed by atoms with Crippen molar-refractivity contribution in [2.45, 2.75) is 12.8 Å². The van der Waals surface area contributed by atoms with Crippen LogP contribution in [-0.2, 0) is 6.42 Å². The van der Waals surface area contributed by atoms with Crippen molar-refractivity contribution in [3.8, 4) is 11.5 Å². The standard InChI is InChI=1S/C18H16N2O3/c21-14-8-9-16(17(22)10-14)18(23)20-19-11-13-6-3-5-12-4-1-2-7-15(12)13/h2-3,5-11,21-22H,1,4H2,(H,20,23)/b19-11+. The maximum Gasteiger partial charge on any atom is 0.275 e. The Morgan fingerprint density at radius 2 is 2.09 bits per heavy atom. The van der Waals surface area contributed by atoms with E-state index in [0.29, 0.717) is 0 Å². The Bertz CT molecular complexity index is 810. The predicted octanol–water partition coefficient (Wildman–Crippen LogP) is 2.82. The summed E-state index contributed by atoms with van der Waals surface area (Å²) in [5.74, 6) is -0.943. The molecule has 0 bridgehead atoms. The molecule has 0 aromatic heterocycles. The Morgan fingerprint density at radius 3 is 2.91 bits per heavy atom. The summed E-state index contributed by atoms with van der Waals surface area (Å²) >= 11 is 0. The minimum absolute atomic E-state index is 0.0509. The molecule has 3 N–H and O–H groups in total. The van der Waals surface area contributed by atoms with Crippen LogP contribution >= 0.6 is 0 Å². The summed E-state index contributed by atoms with van der Waals surface area (Å²) in [5, 5.41) is 22.8. The van der Waals surface area contributed by atoms with Gasteiger partial charge in [0.05, 0.1) is 11.8 Å². The molecule has 116 valence electrons. The first-order valence-corrected chi connectivity index (χ1v) is 7.29. The maximum absolute atomic E-state index is 12.0. The number of phenols is 2. The molecular formula is C18H16N2O3. The third kappa shape index (κ3) is 3.23. The normalized spacial score (nSPS) is 13.0. The zero-order valence-electron chi connectivity index (χ0n) is 12.4. The maximum atomic E-state index is 12.0. The van der Waals surface area contributed by atoms with Gasteiger partial charge in [-0.1, -0.05) is 30.4 Å². The summed E-state index contributed by atoms with van der Waals surface area (Å²) < 4.78 is 0. The van der Waals surface area contributed by atoms with Crippen LogP contribution in [0.3, 0.4) is 0 Å². The molecule has 0 saturated carbocycles. The molecule has 0 spiro atoms. The third-order valence-corrected chi connectivity index (χ3v) is 3.69. The number of carbonyl (C=O) groups is 1.